The Bertz CT molecular complexity index is 940. The topological polar surface area (TPSA) is 71.5 Å². The third kappa shape index (κ3) is 4.11. The molecule has 0 N–H and O–H groups in total. The Hall–Kier alpha value is -1.29. The number of nitrogens with zero attached hydrogens (tertiary/aromatic N) is 1. The second kappa shape index (κ2) is 7.14. The van der Waals surface area contributed by atoms with Crippen molar-refractivity contribution in [3.63, 3.8) is 0 Å². The molecule has 1 saturated heterocycles. The van der Waals surface area contributed by atoms with Crippen molar-refractivity contribution in [2.45, 2.75) is 17.4 Å². The first kappa shape index (κ1) is 18.5. The van der Waals surface area contributed by atoms with Gasteiger partial charge in [-0.05, 0) is 23.9 Å². The molecule has 1 aliphatic rings. The van der Waals surface area contributed by atoms with Crippen molar-refractivity contribution >= 4 is 31.2 Å². The van der Waals surface area contributed by atoms with Crippen molar-refractivity contribution in [2.75, 3.05) is 18.8 Å². The average molecular weight is 404 g/mol. The Morgan fingerprint density at radius 1 is 1.16 bits per heavy atom. The van der Waals surface area contributed by atoms with Crippen molar-refractivity contribution in [1.29, 1.82) is 0 Å². The van der Waals surface area contributed by atoms with Crippen LogP contribution in [0.15, 0.2) is 41.8 Å². The van der Waals surface area contributed by atoms with E-state index in [4.69, 9.17) is 0 Å². The molecular formula is C16H18FNO4S3. The fourth-order valence-corrected chi connectivity index (χ4v) is 7.58. The molecule has 0 spiro atoms. The van der Waals surface area contributed by atoms with E-state index in [2.05, 4.69) is 0 Å². The first-order chi connectivity index (χ1) is 11.8. The lowest BCUT2D eigenvalue weighted by Crippen LogP contribution is -2.34. The summed E-state index contributed by atoms with van der Waals surface area (Å²) in [5.41, 5.74) is 0.0874. The van der Waals surface area contributed by atoms with Crippen LogP contribution in [0.5, 0.6) is 0 Å². The number of sulfone groups is 1. The monoisotopic (exact) mass is 403 g/mol. The van der Waals surface area contributed by atoms with Crippen LogP contribution in [0, 0.1) is 5.82 Å². The number of sulfonamides is 1. The van der Waals surface area contributed by atoms with Crippen molar-refractivity contribution in [3.8, 4) is 0 Å². The summed E-state index contributed by atoms with van der Waals surface area (Å²) in [6.07, 6.45) is 0.208. The highest BCUT2D eigenvalue weighted by Crippen LogP contribution is 2.33. The highest BCUT2D eigenvalue weighted by Gasteiger charge is 2.35. The molecule has 0 saturated carbocycles. The minimum atomic E-state index is -3.79. The zero-order valence-corrected chi connectivity index (χ0v) is 15.8. The molecule has 1 aromatic heterocycles. The number of hydrogen-bond donors (Lipinski definition) is 0. The molecule has 1 aromatic carbocycles. The largest absolute Gasteiger partial charge is 0.228 e. The molecule has 25 heavy (non-hydrogen) atoms. The molecule has 136 valence electrons. The van der Waals surface area contributed by atoms with Gasteiger partial charge in [-0.2, -0.15) is 0 Å². The lowest BCUT2D eigenvalue weighted by Gasteiger charge is -2.19. The van der Waals surface area contributed by atoms with Crippen LogP contribution in [0.2, 0.25) is 0 Å². The van der Waals surface area contributed by atoms with Gasteiger partial charge in [-0.25, -0.2) is 25.5 Å². The minimum Gasteiger partial charge on any atom is -0.228 e. The molecule has 0 aliphatic carbocycles. The maximum Gasteiger partial charge on any atom is 0.218 e. The molecule has 0 radical (unpaired) electrons. The minimum absolute atomic E-state index is 0.0874. The van der Waals surface area contributed by atoms with Crippen LogP contribution >= 0.6 is 11.3 Å². The third-order valence-electron chi connectivity index (χ3n) is 4.25. The average Bonchev–Trinajstić information content (AvgIpc) is 3.00. The van der Waals surface area contributed by atoms with Gasteiger partial charge in [0.1, 0.15) is 5.82 Å². The van der Waals surface area contributed by atoms with Gasteiger partial charge in [-0.15, -0.1) is 11.3 Å². The maximum absolute atomic E-state index is 13.8. The molecule has 2 heterocycles. The van der Waals surface area contributed by atoms with E-state index < -0.39 is 36.7 Å². The van der Waals surface area contributed by atoms with Gasteiger partial charge in [0.15, 0.2) is 9.84 Å². The van der Waals surface area contributed by atoms with Gasteiger partial charge < -0.3 is 0 Å². The molecule has 1 unspecified atom stereocenters. The van der Waals surface area contributed by atoms with Crippen molar-refractivity contribution < 1.29 is 21.2 Å². The van der Waals surface area contributed by atoms with Crippen LogP contribution in [0.4, 0.5) is 4.39 Å². The molecule has 3 rings (SSSR count). The summed E-state index contributed by atoms with van der Waals surface area (Å²) in [7, 11) is -7.22. The summed E-state index contributed by atoms with van der Waals surface area (Å²) >= 11 is 1.36. The van der Waals surface area contributed by atoms with Gasteiger partial charge in [-0.1, -0.05) is 24.3 Å². The zero-order chi connectivity index (χ0) is 18.1. The van der Waals surface area contributed by atoms with E-state index in [1.54, 1.807) is 18.2 Å². The summed E-state index contributed by atoms with van der Waals surface area (Å²) in [4.78, 5) is 0.730. The summed E-state index contributed by atoms with van der Waals surface area (Å²) in [6, 6.07) is 9.26. The molecule has 1 atom stereocenters. The van der Waals surface area contributed by atoms with Gasteiger partial charge in [0.2, 0.25) is 10.0 Å². The number of halogens is 1. The molecule has 5 nitrogen and oxygen atoms in total. The van der Waals surface area contributed by atoms with Crippen LogP contribution < -0.4 is 0 Å². The molecule has 0 bridgehead atoms. The van der Waals surface area contributed by atoms with Crippen LogP contribution in [0.3, 0.4) is 0 Å². The second-order valence-electron chi connectivity index (χ2n) is 5.91. The Morgan fingerprint density at radius 2 is 1.92 bits per heavy atom. The van der Waals surface area contributed by atoms with Crippen molar-refractivity contribution in [2.24, 2.45) is 0 Å². The van der Waals surface area contributed by atoms with Crippen LogP contribution in [0.25, 0.3) is 0 Å². The molecule has 2 aromatic rings. The van der Waals surface area contributed by atoms with E-state index in [9.17, 15) is 21.2 Å². The summed E-state index contributed by atoms with van der Waals surface area (Å²) in [6.45, 7) is 0.0135. The molecule has 0 amide bonds. The third-order valence-corrected chi connectivity index (χ3v) is 9.32. The first-order valence-electron chi connectivity index (χ1n) is 7.76. The normalized spacial score (nSPS) is 21.7. The Kier molecular flexibility index (Phi) is 5.29. The number of rotatable bonds is 4. The maximum atomic E-state index is 13.8. The van der Waals surface area contributed by atoms with Gasteiger partial charge in [0.25, 0.3) is 0 Å². The van der Waals surface area contributed by atoms with Crippen LogP contribution in [-0.2, 0) is 25.6 Å². The van der Waals surface area contributed by atoms with Gasteiger partial charge in [0.05, 0.1) is 16.8 Å². The Morgan fingerprint density at radius 3 is 2.60 bits per heavy atom. The molecular weight excluding hydrogens is 385 g/mol. The number of thiophene rings is 1. The fourth-order valence-electron chi connectivity index (χ4n) is 2.90. The summed E-state index contributed by atoms with van der Waals surface area (Å²) in [5, 5.41) is 1.13. The number of benzene rings is 1. The van der Waals surface area contributed by atoms with E-state index in [0.717, 1.165) is 4.88 Å². The first-order valence-corrected chi connectivity index (χ1v) is 12.0. The SMILES string of the molecule is O=S1(=O)CCN(S(=O)(=O)Cc2ccccc2F)CCC1c1cccs1. The predicted octanol–water partition coefficient (Wildman–Crippen LogP) is 2.58. The van der Waals surface area contributed by atoms with E-state index in [1.807, 2.05) is 5.38 Å². The zero-order valence-electron chi connectivity index (χ0n) is 13.3. The van der Waals surface area contributed by atoms with E-state index in [0.29, 0.717) is 0 Å². The predicted molar refractivity (Wildman–Crippen MR) is 96.1 cm³/mol. The fraction of sp³-hybridized carbons (Fsp3) is 0.375. The lowest BCUT2D eigenvalue weighted by molar-refractivity contribution is 0.427. The smallest absolute Gasteiger partial charge is 0.218 e. The van der Waals surface area contributed by atoms with Gasteiger partial charge >= 0.3 is 0 Å². The van der Waals surface area contributed by atoms with Crippen LogP contribution in [0.1, 0.15) is 22.1 Å². The molecule has 9 heteroatoms. The molecule has 1 aliphatic heterocycles. The van der Waals surface area contributed by atoms with E-state index in [1.165, 1.54) is 33.8 Å². The highest BCUT2D eigenvalue weighted by atomic mass is 32.2. The summed E-state index contributed by atoms with van der Waals surface area (Å²) < 4.78 is 65.2. The van der Waals surface area contributed by atoms with Gasteiger partial charge in [0, 0.05) is 23.5 Å². The number of hydrogen-bond acceptors (Lipinski definition) is 5. The molecule has 1 fully saturated rings. The Labute approximate surface area is 151 Å². The quantitative estimate of drug-likeness (QED) is 0.787. The summed E-state index contributed by atoms with van der Waals surface area (Å²) in [5.74, 6) is -1.28. The van der Waals surface area contributed by atoms with E-state index in [-0.39, 0.29) is 30.8 Å². The van der Waals surface area contributed by atoms with Crippen molar-refractivity contribution in [3.05, 3.63) is 58.0 Å². The van der Waals surface area contributed by atoms with Gasteiger partial charge in [-0.3, -0.25) is 0 Å². The van der Waals surface area contributed by atoms with E-state index >= 15 is 0 Å². The standard InChI is InChI=1S/C16H18FNO4S3/c17-14-5-2-1-4-13(14)12-25(21,22)18-8-7-16(15-6-3-10-23-15)24(19,20)11-9-18/h1-6,10,16H,7-9,11-12H2. The van der Waals surface area contributed by atoms with Crippen molar-refractivity contribution in [1.82, 2.24) is 4.31 Å². The highest BCUT2D eigenvalue weighted by molar-refractivity contribution is 7.92. The second-order valence-corrected chi connectivity index (χ2v) is 11.2. The Balaban J connectivity index is 1.81. The van der Waals surface area contributed by atoms with Crippen LogP contribution in [-0.4, -0.2) is 40.0 Å². The lowest BCUT2D eigenvalue weighted by atomic mass is 10.2.